The van der Waals surface area contributed by atoms with Gasteiger partial charge in [-0.05, 0) is 18.9 Å². The first-order valence-electron chi connectivity index (χ1n) is 6.06. The Kier molecular flexibility index (Phi) is 4.80. The molecule has 0 unspecified atom stereocenters. The Bertz CT molecular complexity index is 233. The quantitative estimate of drug-likeness (QED) is 0.771. The maximum absolute atomic E-state index is 11.7. The van der Waals surface area contributed by atoms with E-state index in [2.05, 4.69) is 19.6 Å². The summed E-state index contributed by atoms with van der Waals surface area (Å²) >= 11 is 0. The van der Waals surface area contributed by atoms with Crippen molar-refractivity contribution in [2.24, 2.45) is 5.73 Å². The van der Waals surface area contributed by atoms with Crippen molar-refractivity contribution in [3.8, 4) is 0 Å². The monoisotopic (exact) mass is 244 g/mol. The number of hydrogen-bond acceptors (Lipinski definition) is 3. The molecule has 2 N–H and O–H groups in total. The highest BCUT2D eigenvalue weighted by molar-refractivity contribution is 6.76. The van der Waals surface area contributed by atoms with Crippen LogP contribution in [0.4, 0.5) is 4.79 Å². The zero-order valence-corrected chi connectivity index (χ0v) is 11.7. The Morgan fingerprint density at radius 1 is 1.38 bits per heavy atom. The van der Waals surface area contributed by atoms with Crippen molar-refractivity contribution in [1.29, 1.82) is 0 Å². The van der Waals surface area contributed by atoms with E-state index in [4.69, 9.17) is 10.5 Å². The lowest BCUT2D eigenvalue weighted by molar-refractivity contribution is 0.0972. The van der Waals surface area contributed by atoms with Crippen LogP contribution in [0.15, 0.2) is 0 Å². The van der Waals surface area contributed by atoms with Gasteiger partial charge in [0.15, 0.2) is 0 Å². The lowest BCUT2D eigenvalue weighted by atomic mass is 10.1. The third-order valence-electron chi connectivity index (χ3n) is 2.88. The van der Waals surface area contributed by atoms with E-state index in [1.807, 2.05) is 0 Å². The average molecular weight is 244 g/mol. The lowest BCUT2D eigenvalue weighted by Gasteiger charge is -2.29. The minimum atomic E-state index is -1.10. The highest BCUT2D eigenvalue weighted by atomic mass is 28.3. The number of likely N-dealkylation sites (tertiary alicyclic amines) is 1. The Morgan fingerprint density at radius 2 is 1.94 bits per heavy atom. The smallest absolute Gasteiger partial charge is 0.409 e. The van der Waals surface area contributed by atoms with Gasteiger partial charge in [-0.3, -0.25) is 0 Å². The summed E-state index contributed by atoms with van der Waals surface area (Å²) in [6, 6.07) is 1.29. The molecule has 4 nitrogen and oxygen atoms in total. The topological polar surface area (TPSA) is 55.6 Å². The molecule has 0 saturated carbocycles. The Labute approximate surface area is 99.1 Å². The van der Waals surface area contributed by atoms with E-state index >= 15 is 0 Å². The molecule has 0 spiro atoms. The summed E-state index contributed by atoms with van der Waals surface area (Å²) in [7, 11) is -1.10. The van der Waals surface area contributed by atoms with Gasteiger partial charge >= 0.3 is 6.09 Å². The predicted octanol–water partition coefficient (Wildman–Crippen LogP) is 1.88. The van der Waals surface area contributed by atoms with Crippen LogP contribution in [0.25, 0.3) is 0 Å². The lowest BCUT2D eigenvalue weighted by Crippen LogP contribution is -2.43. The van der Waals surface area contributed by atoms with Crippen molar-refractivity contribution in [2.75, 3.05) is 19.7 Å². The molecule has 1 aliphatic rings. The summed E-state index contributed by atoms with van der Waals surface area (Å²) in [5.41, 5.74) is 5.78. The van der Waals surface area contributed by atoms with Crippen LogP contribution in [-0.2, 0) is 4.74 Å². The predicted molar refractivity (Wildman–Crippen MR) is 68.3 cm³/mol. The van der Waals surface area contributed by atoms with Crippen molar-refractivity contribution in [2.45, 2.75) is 44.6 Å². The zero-order chi connectivity index (χ0) is 12.2. The molecule has 0 aromatic carbocycles. The first-order chi connectivity index (χ1) is 7.38. The van der Waals surface area contributed by atoms with Gasteiger partial charge in [0.25, 0.3) is 0 Å². The van der Waals surface area contributed by atoms with Gasteiger partial charge in [0.2, 0.25) is 0 Å². The molecular weight excluding hydrogens is 220 g/mol. The number of piperidine rings is 1. The molecule has 0 atom stereocenters. The maximum Gasteiger partial charge on any atom is 0.409 e. The first-order valence-corrected chi connectivity index (χ1v) is 9.76. The molecule has 1 fully saturated rings. The summed E-state index contributed by atoms with van der Waals surface area (Å²) in [5.74, 6) is 0. The molecule has 16 heavy (non-hydrogen) atoms. The standard InChI is InChI=1S/C11H24N2O2Si/c1-16(2,3)9-8-15-11(14)13-6-4-10(12)5-7-13/h10H,4-9,12H2,1-3H3. The van der Waals surface area contributed by atoms with Crippen LogP contribution >= 0.6 is 0 Å². The second-order valence-corrected chi connectivity index (χ2v) is 11.4. The number of carbonyl (C=O) groups excluding carboxylic acids is 1. The van der Waals surface area contributed by atoms with Gasteiger partial charge in [-0.15, -0.1) is 0 Å². The van der Waals surface area contributed by atoms with E-state index < -0.39 is 8.07 Å². The minimum Gasteiger partial charge on any atom is -0.450 e. The van der Waals surface area contributed by atoms with Crippen LogP contribution in [0.5, 0.6) is 0 Å². The van der Waals surface area contributed by atoms with Gasteiger partial charge in [-0.25, -0.2) is 4.79 Å². The van der Waals surface area contributed by atoms with Gasteiger partial charge in [-0.1, -0.05) is 19.6 Å². The fourth-order valence-corrected chi connectivity index (χ4v) is 2.33. The number of rotatable bonds is 3. The number of ether oxygens (including phenoxy) is 1. The Hall–Kier alpha value is -0.553. The molecule has 0 aromatic rings. The van der Waals surface area contributed by atoms with Crippen molar-refractivity contribution in [3.05, 3.63) is 0 Å². The average Bonchev–Trinajstić information content (AvgIpc) is 2.16. The SMILES string of the molecule is C[Si](C)(C)CCOC(=O)N1CCC(N)CC1. The number of nitrogens with two attached hydrogens (primary N) is 1. The summed E-state index contributed by atoms with van der Waals surface area (Å²) in [6.45, 7) is 8.89. The molecule has 1 saturated heterocycles. The van der Waals surface area contributed by atoms with Crippen molar-refractivity contribution < 1.29 is 9.53 Å². The number of nitrogens with zero attached hydrogens (tertiary/aromatic N) is 1. The fourth-order valence-electron chi connectivity index (χ4n) is 1.62. The fraction of sp³-hybridized carbons (Fsp3) is 0.909. The van der Waals surface area contributed by atoms with Gasteiger partial charge in [0.05, 0.1) is 6.61 Å². The third-order valence-corrected chi connectivity index (χ3v) is 4.58. The summed E-state index contributed by atoms with van der Waals surface area (Å²) in [6.07, 6.45) is 1.62. The van der Waals surface area contributed by atoms with Crippen LogP contribution in [0.2, 0.25) is 25.7 Å². The highest BCUT2D eigenvalue weighted by Gasteiger charge is 2.22. The molecule has 1 aliphatic heterocycles. The molecule has 0 bridgehead atoms. The van der Waals surface area contributed by atoms with E-state index in [1.165, 1.54) is 0 Å². The Morgan fingerprint density at radius 3 is 2.44 bits per heavy atom. The second kappa shape index (κ2) is 5.68. The summed E-state index contributed by atoms with van der Waals surface area (Å²) in [5, 5.41) is 0. The first kappa shape index (κ1) is 13.5. The highest BCUT2D eigenvalue weighted by Crippen LogP contribution is 2.11. The second-order valence-electron chi connectivity index (χ2n) is 5.75. The maximum atomic E-state index is 11.7. The summed E-state index contributed by atoms with van der Waals surface area (Å²) in [4.78, 5) is 13.4. The van der Waals surface area contributed by atoms with E-state index in [1.54, 1.807) is 4.90 Å². The molecule has 1 rings (SSSR count). The van der Waals surface area contributed by atoms with Crippen LogP contribution in [0.3, 0.4) is 0 Å². The van der Waals surface area contributed by atoms with Crippen LogP contribution in [0, 0.1) is 0 Å². The molecule has 5 heteroatoms. The van der Waals surface area contributed by atoms with E-state index in [9.17, 15) is 4.79 Å². The van der Waals surface area contributed by atoms with Crippen molar-refractivity contribution in [3.63, 3.8) is 0 Å². The van der Waals surface area contributed by atoms with Crippen LogP contribution in [-0.4, -0.2) is 44.8 Å². The molecule has 1 amide bonds. The van der Waals surface area contributed by atoms with E-state index in [0.717, 1.165) is 32.0 Å². The number of amides is 1. The number of hydrogen-bond donors (Lipinski definition) is 1. The van der Waals surface area contributed by atoms with Gasteiger partial charge in [0, 0.05) is 27.2 Å². The van der Waals surface area contributed by atoms with E-state index in [0.29, 0.717) is 6.61 Å². The summed E-state index contributed by atoms with van der Waals surface area (Å²) < 4.78 is 5.27. The van der Waals surface area contributed by atoms with Gasteiger partial charge in [0.1, 0.15) is 0 Å². The zero-order valence-electron chi connectivity index (χ0n) is 10.7. The van der Waals surface area contributed by atoms with Crippen LogP contribution < -0.4 is 5.73 Å². The van der Waals surface area contributed by atoms with Gasteiger partial charge < -0.3 is 15.4 Å². The minimum absolute atomic E-state index is 0.162. The van der Waals surface area contributed by atoms with Crippen molar-refractivity contribution in [1.82, 2.24) is 4.90 Å². The van der Waals surface area contributed by atoms with E-state index in [-0.39, 0.29) is 12.1 Å². The molecule has 0 aromatic heterocycles. The normalized spacial score (nSPS) is 18.6. The third kappa shape index (κ3) is 4.98. The molecule has 0 aliphatic carbocycles. The Balaban J connectivity index is 2.20. The van der Waals surface area contributed by atoms with Crippen molar-refractivity contribution >= 4 is 14.2 Å². The van der Waals surface area contributed by atoms with Gasteiger partial charge in [-0.2, -0.15) is 0 Å². The van der Waals surface area contributed by atoms with Crippen LogP contribution in [0.1, 0.15) is 12.8 Å². The molecule has 94 valence electrons. The number of carbonyl (C=O) groups is 1. The molecular formula is C11H24N2O2Si. The largest absolute Gasteiger partial charge is 0.450 e. The molecule has 0 radical (unpaired) electrons. The molecule has 1 heterocycles.